The number of carbonyl (C=O) groups excluding carboxylic acids is 1. The first-order valence-electron chi connectivity index (χ1n) is 3.41. The first-order valence-corrected chi connectivity index (χ1v) is 3.41. The van der Waals surface area contributed by atoms with Crippen LogP contribution in [0.4, 0.5) is 0 Å². The summed E-state index contributed by atoms with van der Waals surface area (Å²) in [5.41, 5.74) is 5.16. The number of aliphatic carboxylic acids is 1. The van der Waals surface area contributed by atoms with Crippen molar-refractivity contribution < 1.29 is 14.7 Å². The molecule has 0 aliphatic carbocycles. The third-order valence-corrected chi connectivity index (χ3v) is 1.09. The standard InChI is InChI=1S/C5H11NO2.C2H3NO/c1-3(2)4(6)5(7)8;1-3-2-4/h3-4H,6H2,1-2H3,(H,7,8);1H3/t4-;/m0./s1. The minimum absolute atomic E-state index is 0.0208. The first-order chi connectivity index (χ1) is 5.47. The Morgan fingerprint density at radius 2 is 1.92 bits per heavy atom. The number of carboxylic acids is 1. The molecule has 1 atom stereocenters. The second kappa shape index (κ2) is 7.91. The van der Waals surface area contributed by atoms with Crippen LogP contribution < -0.4 is 5.73 Å². The summed E-state index contributed by atoms with van der Waals surface area (Å²) in [5, 5.41) is 8.23. The van der Waals surface area contributed by atoms with Crippen LogP contribution in [-0.4, -0.2) is 30.2 Å². The molecule has 0 saturated heterocycles. The zero-order valence-corrected chi connectivity index (χ0v) is 7.44. The Kier molecular flexibility index (Phi) is 8.84. The molecular formula is C7H14N2O3. The van der Waals surface area contributed by atoms with E-state index in [-0.39, 0.29) is 5.92 Å². The van der Waals surface area contributed by atoms with Crippen molar-refractivity contribution >= 4 is 12.0 Å². The maximum Gasteiger partial charge on any atom is 0.320 e. The molecule has 0 unspecified atom stereocenters. The maximum absolute atomic E-state index is 10.0. The number of carbonyl (C=O) groups is 1. The van der Waals surface area contributed by atoms with Gasteiger partial charge in [0.1, 0.15) is 6.04 Å². The van der Waals surface area contributed by atoms with E-state index in [4.69, 9.17) is 15.6 Å². The molecule has 0 radical (unpaired) electrons. The fraction of sp³-hybridized carbons (Fsp3) is 0.714. The first kappa shape index (κ1) is 13.4. The highest BCUT2D eigenvalue weighted by atomic mass is 16.4. The molecule has 5 heteroatoms. The lowest BCUT2D eigenvalue weighted by Gasteiger charge is -2.07. The maximum atomic E-state index is 10.0. The van der Waals surface area contributed by atoms with Gasteiger partial charge in [-0.2, -0.15) is 0 Å². The average Bonchev–Trinajstić information content (AvgIpc) is 2.03. The van der Waals surface area contributed by atoms with E-state index in [1.807, 2.05) is 0 Å². The highest BCUT2D eigenvalue weighted by Crippen LogP contribution is 1.96. The lowest BCUT2D eigenvalue weighted by atomic mass is 10.1. The molecule has 5 nitrogen and oxygen atoms in total. The van der Waals surface area contributed by atoms with Crippen LogP contribution in [0.5, 0.6) is 0 Å². The predicted octanol–water partition coefficient (Wildman–Crippen LogP) is 0.00630. The van der Waals surface area contributed by atoms with Crippen molar-refractivity contribution in [3.05, 3.63) is 0 Å². The molecule has 0 rings (SSSR count). The van der Waals surface area contributed by atoms with Crippen LogP contribution in [0.2, 0.25) is 0 Å². The molecule has 0 aliphatic heterocycles. The predicted molar refractivity (Wildman–Crippen MR) is 44.5 cm³/mol. The monoisotopic (exact) mass is 174 g/mol. The third kappa shape index (κ3) is 8.81. The number of hydrogen-bond acceptors (Lipinski definition) is 4. The number of isocyanates is 1. The van der Waals surface area contributed by atoms with Crippen LogP contribution in [0, 0.1) is 5.92 Å². The third-order valence-electron chi connectivity index (χ3n) is 1.09. The number of aliphatic imine (C=N–C) groups is 1. The lowest BCUT2D eigenvalue weighted by Crippen LogP contribution is -2.34. The summed E-state index contributed by atoms with van der Waals surface area (Å²) in [6, 6.07) is -0.713. The Bertz CT molecular complexity index is 173. The van der Waals surface area contributed by atoms with Crippen LogP contribution >= 0.6 is 0 Å². The summed E-state index contributed by atoms with van der Waals surface area (Å²) in [4.78, 5) is 21.8. The Morgan fingerprint density at radius 1 is 1.58 bits per heavy atom. The summed E-state index contributed by atoms with van der Waals surface area (Å²) >= 11 is 0. The molecule has 0 bridgehead atoms. The van der Waals surface area contributed by atoms with Gasteiger partial charge in [-0.15, -0.1) is 0 Å². The van der Waals surface area contributed by atoms with Crippen LogP contribution in [0.15, 0.2) is 4.99 Å². The van der Waals surface area contributed by atoms with Gasteiger partial charge in [-0.1, -0.05) is 13.8 Å². The minimum atomic E-state index is -0.931. The average molecular weight is 174 g/mol. The van der Waals surface area contributed by atoms with E-state index in [1.165, 1.54) is 13.1 Å². The van der Waals surface area contributed by atoms with E-state index in [1.54, 1.807) is 13.8 Å². The topological polar surface area (TPSA) is 92.8 Å². The Balaban J connectivity index is 0. The minimum Gasteiger partial charge on any atom is -0.480 e. The van der Waals surface area contributed by atoms with E-state index in [0.29, 0.717) is 0 Å². The molecule has 0 aliphatic rings. The van der Waals surface area contributed by atoms with Gasteiger partial charge in [0.05, 0.1) is 0 Å². The van der Waals surface area contributed by atoms with Crippen molar-refractivity contribution in [1.82, 2.24) is 0 Å². The quantitative estimate of drug-likeness (QED) is 0.455. The Morgan fingerprint density at radius 3 is 1.92 bits per heavy atom. The number of hydrogen-bond donors (Lipinski definition) is 2. The van der Waals surface area contributed by atoms with Gasteiger partial charge in [0.15, 0.2) is 0 Å². The van der Waals surface area contributed by atoms with E-state index in [0.717, 1.165) is 0 Å². The van der Waals surface area contributed by atoms with Gasteiger partial charge in [0, 0.05) is 7.05 Å². The van der Waals surface area contributed by atoms with E-state index in [2.05, 4.69) is 4.99 Å². The second-order valence-electron chi connectivity index (χ2n) is 2.42. The largest absolute Gasteiger partial charge is 0.480 e. The van der Waals surface area contributed by atoms with Crippen molar-refractivity contribution in [3.63, 3.8) is 0 Å². The van der Waals surface area contributed by atoms with Crippen LogP contribution in [-0.2, 0) is 9.59 Å². The molecule has 0 spiro atoms. The van der Waals surface area contributed by atoms with Crippen molar-refractivity contribution in [1.29, 1.82) is 0 Å². The zero-order chi connectivity index (χ0) is 10.1. The van der Waals surface area contributed by atoms with Crippen molar-refractivity contribution in [2.24, 2.45) is 16.6 Å². The Hall–Kier alpha value is -1.19. The van der Waals surface area contributed by atoms with Crippen LogP contribution in [0.1, 0.15) is 13.8 Å². The molecule has 0 saturated carbocycles. The van der Waals surface area contributed by atoms with Gasteiger partial charge in [0.25, 0.3) is 0 Å². The van der Waals surface area contributed by atoms with Gasteiger partial charge in [-0.3, -0.25) is 4.79 Å². The highest BCUT2D eigenvalue weighted by Gasteiger charge is 2.14. The highest BCUT2D eigenvalue weighted by molar-refractivity contribution is 5.73. The fourth-order valence-electron chi connectivity index (χ4n) is 0.285. The molecule has 3 N–H and O–H groups in total. The molecule has 0 aromatic carbocycles. The van der Waals surface area contributed by atoms with Gasteiger partial charge < -0.3 is 10.8 Å². The Labute approximate surface area is 71.3 Å². The number of nitrogens with zero attached hydrogens (tertiary/aromatic N) is 1. The van der Waals surface area contributed by atoms with Gasteiger partial charge in [-0.25, -0.2) is 9.79 Å². The zero-order valence-electron chi connectivity index (χ0n) is 7.44. The molecular weight excluding hydrogens is 160 g/mol. The summed E-state index contributed by atoms with van der Waals surface area (Å²) in [6.45, 7) is 3.55. The SMILES string of the molecule is CC(C)[C@H](N)C(=O)O.CN=C=O. The number of nitrogens with two attached hydrogens (primary N) is 1. The summed E-state index contributed by atoms with van der Waals surface area (Å²) in [7, 11) is 1.38. The molecule has 0 aromatic rings. The van der Waals surface area contributed by atoms with Crippen molar-refractivity contribution in [3.8, 4) is 0 Å². The molecule has 70 valence electrons. The van der Waals surface area contributed by atoms with E-state index >= 15 is 0 Å². The smallest absolute Gasteiger partial charge is 0.320 e. The second-order valence-corrected chi connectivity index (χ2v) is 2.42. The molecule has 0 fully saturated rings. The van der Waals surface area contributed by atoms with Gasteiger partial charge in [-0.05, 0) is 5.92 Å². The summed E-state index contributed by atoms with van der Waals surface area (Å²) < 4.78 is 0. The molecule has 0 amide bonds. The lowest BCUT2D eigenvalue weighted by molar-refractivity contribution is -0.139. The molecule has 0 heterocycles. The summed E-state index contributed by atoms with van der Waals surface area (Å²) in [5.74, 6) is -0.910. The van der Waals surface area contributed by atoms with Crippen LogP contribution in [0.3, 0.4) is 0 Å². The number of rotatable bonds is 2. The molecule has 0 aromatic heterocycles. The van der Waals surface area contributed by atoms with Gasteiger partial charge in [0.2, 0.25) is 6.08 Å². The normalized spacial score (nSPS) is 10.8. The van der Waals surface area contributed by atoms with Gasteiger partial charge >= 0.3 is 5.97 Å². The molecule has 12 heavy (non-hydrogen) atoms. The van der Waals surface area contributed by atoms with Crippen molar-refractivity contribution in [2.45, 2.75) is 19.9 Å². The summed E-state index contributed by atoms with van der Waals surface area (Å²) in [6.07, 6.45) is 1.31. The van der Waals surface area contributed by atoms with E-state index < -0.39 is 12.0 Å². The van der Waals surface area contributed by atoms with Crippen molar-refractivity contribution in [2.75, 3.05) is 7.05 Å². The fourth-order valence-corrected chi connectivity index (χ4v) is 0.285. The van der Waals surface area contributed by atoms with E-state index in [9.17, 15) is 4.79 Å². The number of carboxylic acid groups (broad SMARTS) is 1. The van der Waals surface area contributed by atoms with Crippen LogP contribution in [0.25, 0.3) is 0 Å².